The summed E-state index contributed by atoms with van der Waals surface area (Å²) in [5.41, 5.74) is 5.91. The molecule has 2 N–H and O–H groups in total. The third-order valence-corrected chi connectivity index (χ3v) is 3.31. The van der Waals surface area contributed by atoms with Crippen LogP contribution in [0.2, 0.25) is 0 Å². The first-order valence-electron chi connectivity index (χ1n) is 6.12. The van der Waals surface area contributed by atoms with Crippen LogP contribution in [0.15, 0.2) is 0 Å². The summed E-state index contributed by atoms with van der Waals surface area (Å²) in [5, 5.41) is 0. The van der Waals surface area contributed by atoms with Crippen molar-refractivity contribution in [3.8, 4) is 0 Å². The van der Waals surface area contributed by atoms with Gasteiger partial charge in [-0.25, -0.2) is 0 Å². The van der Waals surface area contributed by atoms with E-state index in [0.29, 0.717) is 11.9 Å². The fourth-order valence-electron chi connectivity index (χ4n) is 2.46. The molecule has 0 saturated heterocycles. The molecule has 1 fully saturated rings. The summed E-state index contributed by atoms with van der Waals surface area (Å²) in [6.07, 6.45) is 4.09. The minimum atomic E-state index is 0.177. The van der Waals surface area contributed by atoms with Gasteiger partial charge < -0.3 is 10.6 Å². The fourth-order valence-corrected chi connectivity index (χ4v) is 2.46. The molecule has 15 heavy (non-hydrogen) atoms. The minimum absolute atomic E-state index is 0.177. The molecule has 1 saturated carbocycles. The van der Waals surface area contributed by atoms with Crippen molar-refractivity contribution in [1.82, 2.24) is 4.90 Å². The van der Waals surface area contributed by atoms with Crippen molar-refractivity contribution < 1.29 is 4.79 Å². The molecule has 3 heteroatoms. The molecule has 0 bridgehead atoms. The Morgan fingerprint density at radius 2 is 2.13 bits per heavy atom. The zero-order valence-corrected chi connectivity index (χ0v) is 10.2. The van der Waals surface area contributed by atoms with Crippen molar-refractivity contribution in [2.75, 3.05) is 6.54 Å². The Bertz CT molecular complexity index is 216. The molecule has 1 aliphatic carbocycles. The van der Waals surface area contributed by atoms with Gasteiger partial charge in [0.1, 0.15) is 0 Å². The summed E-state index contributed by atoms with van der Waals surface area (Å²) in [4.78, 5) is 14.1. The van der Waals surface area contributed by atoms with Gasteiger partial charge in [-0.2, -0.15) is 0 Å². The van der Waals surface area contributed by atoms with E-state index in [1.165, 1.54) is 0 Å². The molecule has 0 radical (unpaired) electrons. The second kappa shape index (κ2) is 5.50. The minimum Gasteiger partial charge on any atom is -0.340 e. The van der Waals surface area contributed by atoms with Gasteiger partial charge in [-0.3, -0.25) is 4.79 Å². The van der Waals surface area contributed by atoms with Gasteiger partial charge in [-0.05, 0) is 40.0 Å². The standard InChI is InChI=1S/C12H24N2O/c1-4-14(9(2)3)12(15)10-6-5-7-11(13)8-10/h9-11H,4-8,13H2,1-3H3. The normalized spacial score (nSPS) is 26.7. The summed E-state index contributed by atoms with van der Waals surface area (Å²) in [7, 11) is 0. The highest BCUT2D eigenvalue weighted by molar-refractivity contribution is 5.79. The summed E-state index contributed by atoms with van der Waals surface area (Å²) in [5.74, 6) is 0.485. The van der Waals surface area contributed by atoms with E-state index in [4.69, 9.17) is 5.73 Å². The van der Waals surface area contributed by atoms with Crippen LogP contribution in [0, 0.1) is 5.92 Å². The average molecular weight is 212 g/mol. The number of nitrogens with two attached hydrogens (primary N) is 1. The van der Waals surface area contributed by atoms with Gasteiger partial charge in [-0.1, -0.05) is 6.42 Å². The third kappa shape index (κ3) is 3.20. The molecule has 2 unspecified atom stereocenters. The van der Waals surface area contributed by atoms with Gasteiger partial charge in [0.2, 0.25) is 5.91 Å². The van der Waals surface area contributed by atoms with Crippen LogP contribution < -0.4 is 5.73 Å². The molecule has 3 nitrogen and oxygen atoms in total. The Kier molecular flexibility index (Phi) is 4.58. The second-order valence-corrected chi connectivity index (χ2v) is 4.84. The number of nitrogens with zero attached hydrogens (tertiary/aromatic N) is 1. The van der Waals surface area contributed by atoms with E-state index in [0.717, 1.165) is 32.2 Å². The zero-order chi connectivity index (χ0) is 11.4. The van der Waals surface area contributed by atoms with Crippen LogP contribution >= 0.6 is 0 Å². The van der Waals surface area contributed by atoms with Crippen molar-refractivity contribution in [2.45, 2.75) is 58.5 Å². The Morgan fingerprint density at radius 1 is 1.47 bits per heavy atom. The number of rotatable bonds is 3. The number of carbonyl (C=O) groups excluding carboxylic acids is 1. The fraction of sp³-hybridized carbons (Fsp3) is 0.917. The number of carbonyl (C=O) groups is 1. The van der Waals surface area contributed by atoms with Gasteiger partial charge in [0.15, 0.2) is 0 Å². The summed E-state index contributed by atoms with van der Waals surface area (Å²) >= 11 is 0. The van der Waals surface area contributed by atoms with Crippen molar-refractivity contribution >= 4 is 5.91 Å². The maximum Gasteiger partial charge on any atom is 0.225 e. The molecule has 0 aliphatic heterocycles. The van der Waals surface area contributed by atoms with Crippen molar-refractivity contribution in [3.63, 3.8) is 0 Å². The molecular weight excluding hydrogens is 188 g/mol. The van der Waals surface area contributed by atoms with Crippen LogP contribution in [0.4, 0.5) is 0 Å². The predicted octanol–water partition coefficient (Wildman–Crippen LogP) is 1.76. The molecule has 1 amide bonds. The van der Waals surface area contributed by atoms with Crippen LogP contribution in [0.1, 0.15) is 46.5 Å². The Balaban J connectivity index is 2.57. The lowest BCUT2D eigenvalue weighted by molar-refractivity contribution is -0.138. The number of hydrogen-bond donors (Lipinski definition) is 1. The summed E-state index contributed by atoms with van der Waals surface area (Å²) in [6.45, 7) is 7.00. The SMILES string of the molecule is CCN(C(=O)C1CCCC(N)C1)C(C)C. The van der Waals surface area contributed by atoms with Crippen molar-refractivity contribution in [2.24, 2.45) is 11.7 Å². The first-order chi connectivity index (χ1) is 7.06. The molecule has 0 heterocycles. The Morgan fingerprint density at radius 3 is 2.60 bits per heavy atom. The highest BCUT2D eigenvalue weighted by Crippen LogP contribution is 2.25. The monoisotopic (exact) mass is 212 g/mol. The molecule has 0 aromatic carbocycles. The predicted molar refractivity (Wildman–Crippen MR) is 62.5 cm³/mol. The van der Waals surface area contributed by atoms with Crippen LogP contribution in [-0.2, 0) is 4.79 Å². The maximum absolute atomic E-state index is 12.2. The molecule has 0 spiro atoms. The topological polar surface area (TPSA) is 46.3 Å². The molecular formula is C12H24N2O. The van der Waals surface area contributed by atoms with E-state index in [1.807, 2.05) is 11.8 Å². The third-order valence-electron chi connectivity index (χ3n) is 3.31. The maximum atomic E-state index is 12.2. The average Bonchev–Trinajstić information content (AvgIpc) is 2.18. The first kappa shape index (κ1) is 12.5. The molecule has 2 atom stereocenters. The van der Waals surface area contributed by atoms with E-state index in [2.05, 4.69) is 13.8 Å². The highest BCUT2D eigenvalue weighted by Gasteiger charge is 2.29. The molecule has 0 aromatic rings. The lowest BCUT2D eigenvalue weighted by Gasteiger charge is -2.33. The Hall–Kier alpha value is -0.570. The summed E-state index contributed by atoms with van der Waals surface area (Å²) in [6, 6.07) is 0.541. The largest absolute Gasteiger partial charge is 0.340 e. The van der Waals surface area contributed by atoms with E-state index in [1.54, 1.807) is 0 Å². The smallest absolute Gasteiger partial charge is 0.225 e. The number of hydrogen-bond acceptors (Lipinski definition) is 2. The van der Waals surface area contributed by atoms with E-state index < -0.39 is 0 Å². The van der Waals surface area contributed by atoms with Gasteiger partial charge in [0.05, 0.1) is 0 Å². The molecule has 0 aromatic heterocycles. The lowest BCUT2D eigenvalue weighted by Crippen LogP contribution is -2.43. The van der Waals surface area contributed by atoms with E-state index in [9.17, 15) is 4.79 Å². The molecule has 1 rings (SSSR count). The van der Waals surface area contributed by atoms with Crippen LogP contribution in [0.25, 0.3) is 0 Å². The van der Waals surface area contributed by atoms with Crippen molar-refractivity contribution in [3.05, 3.63) is 0 Å². The van der Waals surface area contributed by atoms with Crippen LogP contribution in [0.5, 0.6) is 0 Å². The Labute approximate surface area is 93.0 Å². The zero-order valence-electron chi connectivity index (χ0n) is 10.2. The number of amides is 1. The quantitative estimate of drug-likeness (QED) is 0.775. The second-order valence-electron chi connectivity index (χ2n) is 4.84. The molecule has 88 valence electrons. The van der Waals surface area contributed by atoms with Crippen LogP contribution in [-0.4, -0.2) is 29.4 Å². The van der Waals surface area contributed by atoms with Gasteiger partial charge in [0.25, 0.3) is 0 Å². The van der Waals surface area contributed by atoms with Crippen molar-refractivity contribution in [1.29, 1.82) is 0 Å². The molecule has 1 aliphatic rings. The van der Waals surface area contributed by atoms with E-state index in [-0.39, 0.29) is 12.0 Å². The van der Waals surface area contributed by atoms with E-state index >= 15 is 0 Å². The summed E-state index contributed by atoms with van der Waals surface area (Å²) < 4.78 is 0. The van der Waals surface area contributed by atoms with Gasteiger partial charge >= 0.3 is 0 Å². The van der Waals surface area contributed by atoms with Gasteiger partial charge in [0, 0.05) is 24.5 Å². The highest BCUT2D eigenvalue weighted by atomic mass is 16.2. The van der Waals surface area contributed by atoms with Crippen LogP contribution in [0.3, 0.4) is 0 Å². The first-order valence-corrected chi connectivity index (χ1v) is 6.12. The van der Waals surface area contributed by atoms with Gasteiger partial charge in [-0.15, -0.1) is 0 Å². The lowest BCUT2D eigenvalue weighted by atomic mass is 9.85.